The van der Waals surface area contributed by atoms with Crippen LogP contribution in [0.5, 0.6) is 0 Å². The Bertz CT molecular complexity index is 1270. The van der Waals surface area contributed by atoms with E-state index in [1.54, 1.807) is 9.42 Å². The molecule has 2 aliphatic rings. The minimum atomic E-state index is -0.859. The van der Waals surface area contributed by atoms with Crippen LogP contribution in [0.15, 0.2) is 30.5 Å². The molecule has 1 aromatic carbocycles. The molecule has 1 amide bonds. The van der Waals surface area contributed by atoms with Crippen LogP contribution in [0.2, 0.25) is 0 Å². The van der Waals surface area contributed by atoms with Crippen molar-refractivity contribution in [1.29, 1.82) is 5.26 Å². The Hall–Kier alpha value is -3.54. The summed E-state index contributed by atoms with van der Waals surface area (Å²) in [7, 11) is 0. The van der Waals surface area contributed by atoms with Crippen LogP contribution in [0.3, 0.4) is 0 Å². The van der Waals surface area contributed by atoms with Crippen LogP contribution in [0.4, 0.5) is 14.6 Å². The summed E-state index contributed by atoms with van der Waals surface area (Å²) < 4.78 is 29.3. The third kappa shape index (κ3) is 3.90. The number of hydrogen-bond donors (Lipinski definition) is 0. The second kappa shape index (κ2) is 8.43. The molecule has 2 aliphatic heterocycles. The number of piperidine rings is 1. The van der Waals surface area contributed by atoms with Gasteiger partial charge in [-0.15, -0.1) is 0 Å². The highest BCUT2D eigenvalue weighted by Crippen LogP contribution is 2.33. The molecule has 2 fully saturated rings. The lowest BCUT2D eigenvalue weighted by Gasteiger charge is -2.34. The zero-order valence-corrected chi connectivity index (χ0v) is 18.3. The van der Waals surface area contributed by atoms with Crippen LogP contribution in [-0.2, 0) is 0 Å². The SMILES string of the molecule is Cc1cn2nc(C3CCCCN3C(=O)c3ccc(F)cc3F)cc2nc1N1CCC(C#N)C1. The van der Waals surface area contributed by atoms with Gasteiger partial charge in [0.25, 0.3) is 5.91 Å². The molecular weight excluding hydrogens is 426 g/mol. The maximum atomic E-state index is 14.3. The Morgan fingerprint density at radius 3 is 2.79 bits per heavy atom. The molecule has 9 heteroatoms. The highest BCUT2D eigenvalue weighted by Gasteiger charge is 2.32. The lowest BCUT2D eigenvalue weighted by atomic mass is 9.98. The van der Waals surface area contributed by atoms with Crippen molar-refractivity contribution in [2.24, 2.45) is 5.92 Å². The molecule has 2 atom stereocenters. The van der Waals surface area contributed by atoms with Crippen molar-refractivity contribution in [2.45, 2.75) is 38.6 Å². The number of halogens is 2. The van der Waals surface area contributed by atoms with Gasteiger partial charge in [0, 0.05) is 43.5 Å². The minimum Gasteiger partial charge on any atom is -0.355 e. The van der Waals surface area contributed by atoms with Gasteiger partial charge >= 0.3 is 0 Å². The Morgan fingerprint density at radius 1 is 1.18 bits per heavy atom. The first kappa shape index (κ1) is 21.3. The molecule has 5 rings (SSSR count). The van der Waals surface area contributed by atoms with E-state index in [0.717, 1.165) is 49.3 Å². The van der Waals surface area contributed by atoms with E-state index in [9.17, 15) is 18.8 Å². The molecule has 2 saturated heterocycles. The number of carbonyl (C=O) groups is 1. The highest BCUT2D eigenvalue weighted by atomic mass is 19.1. The topological polar surface area (TPSA) is 77.5 Å². The van der Waals surface area contributed by atoms with Crippen molar-refractivity contribution in [3.8, 4) is 6.07 Å². The summed E-state index contributed by atoms with van der Waals surface area (Å²) in [6.07, 6.45) is 5.19. The van der Waals surface area contributed by atoms with E-state index < -0.39 is 17.5 Å². The number of anilines is 1. The number of nitrogens with zero attached hydrogens (tertiary/aromatic N) is 6. The monoisotopic (exact) mass is 450 g/mol. The number of rotatable bonds is 3. The minimum absolute atomic E-state index is 0.0107. The van der Waals surface area contributed by atoms with Crippen molar-refractivity contribution in [1.82, 2.24) is 19.5 Å². The molecule has 2 unspecified atom stereocenters. The highest BCUT2D eigenvalue weighted by molar-refractivity contribution is 5.94. The van der Waals surface area contributed by atoms with Crippen LogP contribution in [-0.4, -0.2) is 45.0 Å². The number of fused-ring (bicyclic) bond motifs is 1. The molecule has 0 aliphatic carbocycles. The van der Waals surface area contributed by atoms with Gasteiger partial charge < -0.3 is 9.80 Å². The van der Waals surface area contributed by atoms with Gasteiger partial charge in [0.1, 0.15) is 17.5 Å². The van der Waals surface area contributed by atoms with E-state index in [0.29, 0.717) is 30.9 Å². The molecule has 170 valence electrons. The average Bonchev–Trinajstić information content (AvgIpc) is 3.44. The third-order valence-corrected chi connectivity index (χ3v) is 6.56. The van der Waals surface area contributed by atoms with E-state index in [1.807, 2.05) is 19.2 Å². The summed E-state index contributed by atoms with van der Waals surface area (Å²) >= 11 is 0. The predicted molar refractivity (Wildman–Crippen MR) is 118 cm³/mol. The zero-order valence-electron chi connectivity index (χ0n) is 18.3. The van der Waals surface area contributed by atoms with Gasteiger partial charge in [0.2, 0.25) is 0 Å². The van der Waals surface area contributed by atoms with E-state index in [4.69, 9.17) is 10.1 Å². The van der Waals surface area contributed by atoms with E-state index in [-0.39, 0.29) is 17.5 Å². The van der Waals surface area contributed by atoms with Crippen LogP contribution in [0.1, 0.15) is 53.3 Å². The second-order valence-electron chi connectivity index (χ2n) is 8.81. The first-order valence-electron chi connectivity index (χ1n) is 11.2. The average molecular weight is 450 g/mol. The Balaban J connectivity index is 1.46. The Kier molecular flexibility index (Phi) is 5.44. The lowest BCUT2D eigenvalue weighted by molar-refractivity contribution is 0.0601. The van der Waals surface area contributed by atoms with Crippen LogP contribution < -0.4 is 4.90 Å². The molecular formula is C24H24F2N6O. The quantitative estimate of drug-likeness (QED) is 0.602. The molecule has 33 heavy (non-hydrogen) atoms. The molecule has 0 spiro atoms. The standard InChI is InChI=1S/C24H24F2N6O/c1-15-13-32-22(28-23(15)30-9-7-16(12-27)14-30)11-20(29-32)21-4-2-3-8-31(21)24(33)18-6-5-17(25)10-19(18)26/h5-6,10-11,13,16,21H,2-4,7-9,14H2,1H3. The molecule has 2 aromatic heterocycles. The first-order valence-corrected chi connectivity index (χ1v) is 11.2. The van der Waals surface area contributed by atoms with Crippen molar-refractivity contribution in [3.63, 3.8) is 0 Å². The number of likely N-dealkylation sites (tertiary alicyclic amines) is 1. The number of aromatic nitrogens is 3. The van der Waals surface area contributed by atoms with Crippen molar-refractivity contribution >= 4 is 17.4 Å². The normalized spacial score (nSPS) is 20.9. The number of benzene rings is 1. The van der Waals surface area contributed by atoms with E-state index in [2.05, 4.69) is 11.0 Å². The number of carbonyl (C=O) groups excluding carboxylic acids is 1. The number of amides is 1. The predicted octanol–water partition coefficient (Wildman–Crippen LogP) is 4.03. The van der Waals surface area contributed by atoms with Crippen molar-refractivity contribution < 1.29 is 13.6 Å². The molecule has 3 aromatic rings. The smallest absolute Gasteiger partial charge is 0.257 e. The Morgan fingerprint density at radius 2 is 2.03 bits per heavy atom. The second-order valence-corrected chi connectivity index (χ2v) is 8.81. The molecule has 7 nitrogen and oxygen atoms in total. The maximum Gasteiger partial charge on any atom is 0.257 e. The molecule has 0 radical (unpaired) electrons. The summed E-state index contributed by atoms with van der Waals surface area (Å²) in [5.74, 6) is -1.18. The first-order chi connectivity index (χ1) is 15.9. The lowest BCUT2D eigenvalue weighted by Crippen LogP contribution is -2.39. The third-order valence-electron chi connectivity index (χ3n) is 6.56. The van der Waals surface area contributed by atoms with Gasteiger partial charge in [-0.2, -0.15) is 10.4 Å². The zero-order chi connectivity index (χ0) is 23.1. The van der Waals surface area contributed by atoms with Gasteiger partial charge in [0.05, 0.1) is 29.3 Å². The van der Waals surface area contributed by atoms with Crippen molar-refractivity contribution in [3.05, 3.63) is 58.9 Å². The van der Waals surface area contributed by atoms with Crippen LogP contribution in [0, 0.1) is 35.8 Å². The number of nitriles is 1. The van der Waals surface area contributed by atoms with Crippen LogP contribution >= 0.6 is 0 Å². The van der Waals surface area contributed by atoms with Gasteiger partial charge in [-0.05, 0) is 44.7 Å². The summed E-state index contributed by atoms with van der Waals surface area (Å²) in [5.41, 5.74) is 2.19. The summed E-state index contributed by atoms with van der Waals surface area (Å²) in [6, 6.07) is 6.93. The van der Waals surface area contributed by atoms with Gasteiger partial charge in [-0.1, -0.05) is 0 Å². The van der Waals surface area contributed by atoms with E-state index in [1.165, 1.54) is 6.07 Å². The van der Waals surface area contributed by atoms with Gasteiger partial charge in [0.15, 0.2) is 5.65 Å². The molecule has 4 heterocycles. The van der Waals surface area contributed by atoms with E-state index >= 15 is 0 Å². The fourth-order valence-corrected chi connectivity index (χ4v) is 4.86. The summed E-state index contributed by atoms with van der Waals surface area (Å²) in [6.45, 7) is 3.90. The summed E-state index contributed by atoms with van der Waals surface area (Å²) in [4.78, 5) is 21.7. The van der Waals surface area contributed by atoms with Gasteiger partial charge in [-0.3, -0.25) is 4.79 Å². The van der Waals surface area contributed by atoms with Crippen molar-refractivity contribution in [2.75, 3.05) is 24.5 Å². The molecule has 0 saturated carbocycles. The number of hydrogen-bond acceptors (Lipinski definition) is 5. The fraction of sp³-hybridized carbons (Fsp3) is 0.417. The maximum absolute atomic E-state index is 14.3. The fourth-order valence-electron chi connectivity index (χ4n) is 4.86. The molecule has 0 bridgehead atoms. The summed E-state index contributed by atoms with van der Waals surface area (Å²) in [5, 5.41) is 13.9. The number of aryl methyl sites for hydroxylation is 1. The van der Waals surface area contributed by atoms with Crippen LogP contribution in [0.25, 0.3) is 5.65 Å². The largest absolute Gasteiger partial charge is 0.355 e. The molecule has 0 N–H and O–H groups in total. The Labute approximate surface area is 190 Å². The van der Waals surface area contributed by atoms with Gasteiger partial charge in [-0.25, -0.2) is 18.3 Å².